The van der Waals surface area contributed by atoms with Crippen LogP contribution in [0.25, 0.3) is 0 Å². The molecule has 2 nitrogen and oxygen atoms in total. The molecule has 0 amide bonds. The summed E-state index contributed by atoms with van der Waals surface area (Å²) in [7, 11) is 0. The maximum Gasteiger partial charge on any atom is 0.160 e. The molecule has 2 aromatic carbocycles. The third kappa shape index (κ3) is 2.39. The smallest absolute Gasteiger partial charge is 0.160 e. The van der Waals surface area contributed by atoms with Gasteiger partial charge in [-0.05, 0) is 46.9 Å². The number of benzene rings is 2. The predicted molar refractivity (Wildman–Crippen MR) is 90.3 cm³/mol. The molecule has 0 fully saturated rings. The Labute approximate surface area is 135 Å². The van der Waals surface area contributed by atoms with Crippen molar-refractivity contribution < 1.29 is 8.78 Å². The average Bonchev–Trinajstić information content (AvgIpc) is 2.73. The SMILES string of the molecule is C=CCN1c2ccccc2N(c2ccc(F)cc2F)C1I. The lowest BCUT2D eigenvalue weighted by atomic mass is 10.2. The number of para-hydroxylation sites is 2. The van der Waals surface area contributed by atoms with Gasteiger partial charge in [0.05, 0.1) is 17.1 Å². The molecule has 1 aliphatic rings. The summed E-state index contributed by atoms with van der Waals surface area (Å²) >= 11 is 2.25. The molecule has 0 radical (unpaired) electrons. The predicted octanol–water partition coefficient (Wildman–Crippen LogP) is 4.83. The van der Waals surface area contributed by atoms with Gasteiger partial charge >= 0.3 is 0 Å². The maximum atomic E-state index is 14.2. The van der Waals surface area contributed by atoms with Crippen molar-refractivity contribution in [3.05, 3.63) is 66.8 Å². The molecule has 2 aromatic rings. The number of rotatable bonds is 3. The molecule has 3 rings (SSSR count). The molecule has 0 aliphatic carbocycles. The molecule has 0 N–H and O–H groups in total. The van der Waals surface area contributed by atoms with Crippen LogP contribution in [0.3, 0.4) is 0 Å². The third-order valence-corrected chi connectivity index (χ3v) is 4.65. The molecule has 1 heterocycles. The first-order valence-electron chi connectivity index (χ1n) is 6.48. The Morgan fingerprint density at radius 2 is 1.81 bits per heavy atom. The van der Waals surface area contributed by atoms with Gasteiger partial charge in [-0.2, -0.15) is 0 Å². The van der Waals surface area contributed by atoms with E-state index in [0.29, 0.717) is 12.2 Å². The standard InChI is InChI=1S/C16H13F2IN2/c1-2-9-20-14-5-3-4-6-15(14)21(16(20)19)13-8-7-11(17)10-12(13)18/h2-8,10,16H,1,9H2. The van der Waals surface area contributed by atoms with Crippen LogP contribution in [0.1, 0.15) is 0 Å². The molecule has 0 saturated carbocycles. The van der Waals surface area contributed by atoms with Gasteiger partial charge in [0.2, 0.25) is 0 Å². The number of halogens is 3. The van der Waals surface area contributed by atoms with Crippen LogP contribution in [-0.4, -0.2) is 10.7 Å². The van der Waals surface area contributed by atoms with E-state index < -0.39 is 11.6 Å². The Balaban J connectivity index is 2.12. The lowest BCUT2D eigenvalue weighted by molar-refractivity contribution is 0.582. The van der Waals surface area contributed by atoms with E-state index in [-0.39, 0.29) is 4.17 Å². The minimum absolute atomic E-state index is 0.0991. The van der Waals surface area contributed by atoms with Crippen molar-refractivity contribution in [1.82, 2.24) is 0 Å². The second-order valence-electron chi connectivity index (χ2n) is 4.71. The van der Waals surface area contributed by atoms with Crippen molar-refractivity contribution in [3.63, 3.8) is 0 Å². The molecule has 108 valence electrons. The van der Waals surface area contributed by atoms with Crippen LogP contribution in [0, 0.1) is 11.6 Å². The highest BCUT2D eigenvalue weighted by atomic mass is 127. The van der Waals surface area contributed by atoms with Gasteiger partial charge in [0.1, 0.15) is 11.6 Å². The Bertz CT molecular complexity index is 690. The molecule has 1 aliphatic heterocycles. The Morgan fingerprint density at radius 3 is 2.48 bits per heavy atom. The van der Waals surface area contributed by atoms with Crippen molar-refractivity contribution in [3.8, 4) is 0 Å². The van der Waals surface area contributed by atoms with Gasteiger partial charge in [-0.1, -0.05) is 18.2 Å². The topological polar surface area (TPSA) is 6.48 Å². The lowest BCUT2D eigenvalue weighted by Gasteiger charge is -2.28. The van der Waals surface area contributed by atoms with Crippen molar-refractivity contribution >= 4 is 39.7 Å². The number of nitrogens with zero attached hydrogens (tertiary/aromatic N) is 2. The first-order chi connectivity index (χ1) is 10.1. The molecule has 1 unspecified atom stereocenters. The Kier molecular flexibility index (Phi) is 3.84. The summed E-state index contributed by atoms with van der Waals surface area (Å²) in [4.78, 5) is 3.99. The van der Waals surface area contributed by atoms with Crippen molar-refractivity contribution in [2.24, 2.45) is 0 Å². The maximum absolute atomic E-state index is 14.2. The molecule has 5 heteroatoms. The number of anilines is 3. The number of fused-ring (bicyclic) bond motifs is 1. The molecule has 0 aromatic heterocycles. The van der Waals surface area contributed by atoms with Crippen LogP contribution in [0.15, 0.2) is 55.1 Å². The summed E-state index contributed by atoms with van der Waals surface area (Å²) in [5, 5.41) is 0. The van der Waals surface area contributed by atoms with Crippen LogP contribution < -0.4 is 9.80 Å². The van der Waals surface area contributed by atoms with Crippen LogP contribution in [0.4, 0.5) is 25.8 Å². The minimum atomic E-state index is -0.573. The zero-order valence-electron chi connectivity index (χ0n) is 11.1. The Morgan fingerprint density at radius 1 is 1.10 bits per heavy atom. The highest BCUT2D eigenvalue weighted by molar-refractivity contribution is 14.1. The normalized spacial score (nSPS) is 17.0. The van der Waals surface area contributed by atoms with Crippen LogP contribution in [-0.2, 0) is 0 Å². The van der Waals surface area contributed by atoms with Gasteiger partial charge < -0.3 is 9.80 Å². The number of alkyl halides is 1. The Hall–Kier alpha value is -1.63. The van der Waals surface area contributed by atoms with Crippen LogP contribution in [0.2, 0.25) is 0 Å². The highest BCUT2D eigenvalue weighted by Crippen LogP contribution is 2.46. The number of hydrogen-bond donors (Lipinski definition) is 0. The van der Waals surface area contributed by atoms with Gasteiger partial charge in [0, 0.05) is 12.6 Å². The summed E-state index contributed by atoms with van der Waals surface area (Å²) in [6.07, 6.45) is 1.81. The first kappa shape index (κ1) is 14.3. The fraction of sp³-hybridized carbons (Fsp3) is 0.125. The van der Waals surface area contributed by atoms with Crippen LogP contribution >= 0.6 is 22.6 Å². The second-order valence-corrected chi connectivity index (χ2v) is 5.82. The highest BCUT2D eigenvalue weighted by Gasteiger charge is 2.35. The van der Waals surface area contributed by atoms with Crippen molar-refractivity contribution in [1.29, 1.82) is 0 Å². The van der Waals surface area contributed by atoms with Gasteiger partial charge in [0.25, 0.3) is 0 Å². The molecule has 0 spiro atoms. The van der Waals surface area contributed by atoms with Gasteiger partial charge in [-0.15, -0.1) is 6.58 Å². The monoisotopic (exact) mass is 398 g/mol. The largest absolute Gasteiger partial charge is 0.337 e. The minimum Gasteiger partial charge on any atom is -0.337 e. The zero-order chi connectivity index (χ0) is 15.0. The third-order valence-electron chi connectivity index (χ3n) is 3.42. The van der Waals surface area contributed by atoms with E-state index in [1.807, 2.05) is 35.2 Å². The lowest BCUT2D eigenvalue weighted by Crippen LogP contribution is -2.36. The fourth-order valence-corrected chi connectivity index (χ4v) is 3.65. The molecule has 0 bridgehead atoms. The van der Waals surface area contributed by atoms with E-state index in [0.717, 1.165) is 17.4 Å². The summed E-state index contributed by atoms with van der Waals surface area (Å²) < 4.78 is 27.2. The molecule has 0 saturated heterocycles. The van der Waals surface area contributed by atoms with Gasteiger partial charge in [-0.3, -0.25) is 0 Å². The molecule has 1 atom stereocenters. The van der Waals surface area contributed by atoms with E-state index >= 15 is 0 Å². The molecular weight excluding hydrogens is 385 g/mol. The average molecular weight is 398 g/mol. The second kappa shape index (κ2) is 5.63. The van der Waals surface area contributed by atoms with Crippen molar-refractivity contribution in [2.45, 2.75) is 4.17 Å². The quantitative estimate of drug-likeness (QED) is 0.317. The summed E-state index contributed by atoms with van der Waals surface area (Å²) in [5.41, 5.74) is 2.29. The fourth-order valence-electron chi connectivity index (χ4n) is 2.53. The zero-order valence-corrected chi connectivity index (χ0v) is 13.3. The summed E-state index contributed by atoms with van der Waals surface area (Å²) in [5.74, 6) is -1.14. The first-order valence-corrected chi connectivity index (χ1v) is 7.73. The van der Waals surface area contributed by atoms with Gasteiger partial charge in [-0.25, -0.2) is 8.78 Å². The van der Waals surface area contributed by atoms with E-state index in [1.165, 1.54) is 12.1 Å². The van der Waals surface area contributed by atoms with E-state index in [9.17, 15) is 8.78 Å². The summed E-state index contributed by atoms with van der Waals surface area (Å²) in [6, 6.07) is 11.5. The van der Waals surface area contributed by atoms with E-state index in [1.54, 1.807) is 0 Å². The number of hydrogen-bond acceptors (Lipinski definition) is 2. The van der Waals surface area contributed by atoms with E-state index in [2.05, 4.69) is 34.1 Å². The van der Waals surface area contributed by atoms with Crippen molar-refractivity contribution in [2.75, 3.05) is 16.3 Å². The van der Waals surface area contributed by atoms with Crippen LogP contribution in [0.5, 0.6) is 0 Å². The van der Waals surface area contributed by atoms with Gasteiger partial charge in [0.15, 0.2) is 4.17 Å². The molecule has 21 heavy (non-hydrogen) atoms. The summed E-state index contributed by atoms with van der Waals surface area (Å²) in [6.45, 7) is 4.43. The molecular formula is C16H13F2IN2. The van der Waals surface area contributed by atoms with E-state index in [4.69, 9.17) is 0 Å².